The largest absolute Gasteiger partial charge is 0.494 e. The molecule has 0 aromatic heterocycles. The molecule has 8 heteroatoms. The first kappa shape index (κ1) is 32.0. The van der Waals surface area contributed by atoms with Crippen molar-refractivity contribution in [2.45, 2.75) is 31.0 Å². The Labute approximate surface area is 279 Å². The number of halogens is 1. The smallest absolute Gasteiger partial charge is 0.266 e. The summed E-state index contributed by atoms with van der Waals surface area (Å²) >= 11 is 6.38. The van der Waals surface area contributed by atoms with Gasteiger partial charge in [0.15, 0.2) is 11.6 Å². The number of hydrogen-bond acceptors (Lipinski definition) is 6. The number of amides is 1. The number of hydrogen-bond donors (Lipinski definition) is 3. The van der Waals surface area contributed by atoms with Crippen LogP contribution in [-0.2, 0) is 22.5 Å². The molecule has 0 aliphatic carbocycles. The van der Waals surface area contributed by atoms with Gasteiger partial charge in [-0.3, -0.25) is 10.2 Å². The highest BCUT2D eigenvalue weighted by atomic mass is 35.5. The van der Waals surface area contributed by atoms with Crippen LogP contribution in [0.4, 0.5) is 0 Å². The standard InChI is InChI=1S/C39H36ClN3O4/c40-35-15-8-7-14-33(35)27-41-43-38(45)39(26-28-10-3-1-4-11-28)36(31-18-16-30(17-19-31)29-12-5-2-6-13-29)47-37(42-39)32-20-22-34(23-21-32)46-25-9-24-44/h1-8,10-23,36,41,44H,9,24-27H2,(H,43,45)/t36-,39-/m0/s1. The van der Waals surface area contributed by atoms with Gasteiger partial charge in [0.2, 0.25) is 5.90 Å². The van der Waals surface area contributed by atoms with E-state index < -0.39 is 11.6 Å². The molecule has 5 aromatic rings. The Morgan fingerprint density at radius 2 is 1.45 bits per heavy atom. The Bertz CT molecular complexity index is 1800. The lowest BCUT2D eigenvalue weighted by Crippen LogP contribution is -2.53. The molecule has 0 radical (unpaired) electrons. The molecule has 5 aromatic carbocycles. The molecule has 47 heavy (non-hydrogen) atoms. The number of carbonyl (C=O) groups is 1. The minimum absolute atomic E-state index is 0.0647. The predicted molar refractivity (Wildman–Crippen MR) is 185 cm³/mol. The molecule has 1 heterocycles. The molecular weight excluding hydrogens is 610 g/mol. The summed E-state index contributed by atoms with van der Waals surface area (Å²) in [6.07, 6.45) is 0.110. The molecule has 1 amide bonds. The van der Waals surface area contributed by atoms with Gasteiger partial charge in [-0.25, -0.2) is 10.4 Å². The highest BCUT2D eigenvalue weighted by Crippen LogP contribution is 2.43. The summed E-state index contributed by atoms with van der Waals surface area (Å²) < 4.78 is 12.4. The van der Waals surface area contributed by atoms with Crippen molar-refractivity contribution in [2.24, 2.45) is 4.99 Å². The molecule has 0 saturated heterocycles. The number of rotatable bonds is 13. The van der Waals surface area contributed by atoms with E-state index in [2.05, 4.69) is 23.0 Å². The van der Waals surface area contributed by atoms with Crippen LogP contribution in [0.25, 0.3) is 11.1 Å². The van der Waals surface area contributed by atoms with Crippen LogP contribution in [0.5, 0.6) is 5.75 Å². The Morgan fingerprint density at radius 3 is 2.15 bits per heavy atom. The molecule has 1 aliphatic rings. The summed E-state index contributed by atoms with van der Waals surface area (Å²) in [5.41, 5.74) is 10.2. The van der Waals surface area contributed by atoms with Gasteiger partial charge in [-0.1, -0.05) is 115 Å². The first-order valence-electron chi connectivity index (χ1n) is 15.6. The van der Waals surface area contributed by atoms with Crippen molar-refractivity contribution in [3.05, 3.63) is 161 Å². The summed E-state index contributed by atoms with van der Waals surface area (Å²) in [4.78, 5) is 19.6. The molecule has 0 fully saturated rings. The molecule has 7 nitrogen and oxygen atoms in total. The minimum atomic E-state index is -1.35. The number of nitrogens with one attached hydrogen (secondary N) is 2. The average Bonchev–Trinajstić information content (AvgIpc) is 3.50. The number of carbonyl (C=O) groups excluding carboxylic acids is 1. The fourth-order valence-electron chi connectivity index (χ4n) is 5.64. The Balaban J connectivity index is 1.37. The van der Waals surface area contributed by atoms with Gasteiger partial charge < -0.3 is 14.6 Å². The Morgan fingerprint density at radius 1 is 0.809 bits per heavy atom. The van der Waals surface area contributed by atoms with Crippen molar-refractivity contribution in [3.8, 4) is 16.9 Å². The van der Waals surface area contributed by atoms with E-state index in [0.29, 0.717) is 42.7 Å². The van der Waals surface area contributed by atoms with Crippen LogP contribution in [0.1, 0.15) is 34.8 Å². The first-order chi connectivity index (χ1) is 23.1. The van der Waals surface area contributed by atoms with Crippen molar-refractivity contribution < 1.29 is 19.4 Å². The maximum atomic E-state index is 14.5. The van der Waals surface area contributed by atoms with Gasteiger partial charge in [-0.05, 0) is 58.1 Å². The summed E-state index contributed by atoms with van der Waals surface area (Å²) in [5.74, 6) is 0.705. The first-order valence-corrected chi connectivity index (χ1v) is 16.0. The van der Waals surface area contributed by atoms with E-state index in [1.165, 1.54) is 0 Å². The number of ether oxygens (including phenoxy) is 2. The van der Waals surface area contributed by atoms with Crippen LogP contribution < -0.4 is 15.6 Å². The number of hydrazine groups is 1. The summed E-state index contributed by atoms with van der Waals surface area (Å²) in [5, 5.41) is 9.70. The number of aliphatic imine (C=N–C) groups is 1. The van der Waals surface area contributed by atoms with E-state index in [9.17, 15) is 4.79 Å². The SMILES string of the molecule is O=C(NNCc1ccccc1Cl)[C@@]1(Cc2ccccc2)N=C(c2ccc(OCCCO)cc2)O[C@H]1c1ccc(-c2ccccc2)cc1. The Kier molecular flexibility index (Phi) is 10.3. The molecule has 238 valence electrons. The van der Waals surface area contributed by atoms with Gasteiger partial charge in [0.05, 0.1) is 6.61 Å². The molecule has 2 atom stereocenters. The van der Waals surface area contributed by atoms with Crippen molar-refractivity contribution >= 4 is 23.4 Å². The lowest BCUT2D eigenvalue weighted by Gasteiger charge is -2.31. The maximum Gasteiger partial charge on any atom is 0.266 e. The van der Waals surface area contributed by atoms with E-state index in [4.69, 9.17) is 31.2 Å². The van der Waals surface area contributed by atoms with Gasteiger partial charge >= 0.3 is 0 Å². The lowest BCUT2D eigenvalue weighted by molar-refractivity contribution is -0.130. The highest BCUT2D eigenvalue weighted by Gasteiger charge is 2.53. The highest BCUT2D eigenvalue weighted by molar-refractivity contribution is 6.31. The zero-order valence-electron chi connectivity index (χ0n) is 25.8. The number of nitrogens with zero attached hydrogens (tertiary/aromatic N) is 1. The van der Waals surface area contributed by atoms with Crippen molar-refractivity contribution in [1.82, 2.24) is 10.9 Å². The third-order valence-corrected chi connectivity index (χ3v) is 8.47. The van der Waals surface area contributed by atoms with Crippen LogP contribution >= 0.6 is 11.6 Å². The summed E-state index contributed by atoms with van der Waals surface area (Å²) in [7, 11) is 0. The van der Waals surface area contributed by atoms with Crippen molar-refractivity contribution in [3.63, 3.8) is 0 Å². The zero-order valence-corrected chi connectivity index (χ0v) is 26.6. The van der Waals surface area contributed by atoms with E-state index >= 15 is 0 Å². The zero-order chi connectivity index (χ0) is 32.5. The van der Waals surface area contributed by atoms with Crippen molar-refractivity contribution in [2.75, 3.05) is 13.2 Å². The van der Waals surface area contributed by atoms with Gasteiger partial charge in [-0.2, -0.15) is 0 Å². The second-order valence-corrected chi connectivity index (χ2v) is 11.7. The minimum Gasteiger partial charge on any atom is -0.494 e. The molecule has 6 rings (SSSR count). The van der Waals surface area contributed by atoms with E-state index in [0.717, 1.165) is 33.4 Å². The molecule has 1 aliphatic heterocycles. The predicted octanol–water partition coefficient (Wildman–Crippen LogP) is 7.09. The summed E-state index contributed by atoms with van der Waals surface area (Å²) in [6, 6.07) is 43.0. The van der Waals surface area contributed by atoms with Gasteiger partial charge in [0, 0.05) is 36.6 Å². The van der Waals surface area contributed by atoms with Crippen LogP contribution in [0.15, 0.2) is 138 Å². The van der Waals surface area contributed by atoms with Crippen LogP contribution in [-0.4, -0.2) is 35.7 Å². The molecule has 0 bridgehead atoms. The quantitative estimate of drug-likeness (QED) is 0.0940. The second kappa shape index (κ2) is 15.1. The van der Waals surface area contributed by atoms with Gasteiger partial charge in [-0.15, -0.1) is 0 Å². The fraction of sp³-hybridized carbons (Fsp3) is 0.179. The molecule has 0 saturated carbocycles. The van der Waals surface area contributed by atoms with Crippen LogP contribution in [0.3, 0.4) is 0 Å². The monoisotopic (exact) mass is 645 g/mol. The van der Waals surface area contributed by atoms with E-state index in [1.54, 1.807) is 0 Å². The third-order valence-electron chi connectivity index (χ3n) is 8.11. The van der Waals surface area contributed by atoms with Crippen LogP contribution in [0, 0.1) is 0 Å². The maximum absolute atomic E-state index is 14.5. The van der Waals surface area contributed by atoms with Crippen LogP contribution in [0.2, 0.25) is 5.02 Å². The van der Waals surface area contributed by atoms with E-state index in [1.807, 2.05) is 121 Å². The summed E-state index contributed by atoms with van der Waals surface area (Å²) in [6.45, 7) is 0.809. The van der Waals surface area contributed by atoms with Gasteiger partial charge in [0.1, 0.15) is 5.75 Å². The fourth-order valence-corrected chi connectivity index (χ4v) is 5.84. The average molecular weight is 646 g/mol. The van der Waals surface area contributed by atoms with E-state index in [-0.39, 0.29) is 12.5 Å². The molecular formula is C39H36ClN3O4. The van der Waals surface area contributed by atoms with Gasteiger partial charge in [0.25, 0.3) is 5.91 Å². The lowest BCUT2D eigenvalue weighted by atomic mass is 9.82. The molecule has 0 unspecified atom stereocenters. The number of aliphatic hydroxyl groups is 1. The number of aliphatic hydroxyl groups excluding tert-OH is 1. The molecule has 3 N–H and O–H groups in total. The van der Waals surface area contributed by atoms with Crippen molar-refractivity contribution in [1.29, 1.82) is 0 Å². The number of benzene rings is 5. The topological polar surface area (TPSA) is 92.2 Å². The Hall–Kier alpha value is -4.95. The normalized spacial score (nSPS) is 17.1. The second-order valence-electron chi connectivity index (χ2n) is 11.3. The third kappa shape index (κ3) is 7.55. The molecule has 0 spiro atoms.